The molecule has 1 fully saturated rings. The van der Waals surface area contributed by atoms with Crippen molar-refractivity contribution < 1.29 is 9.59 Å². The molecule has 2 amide bonds. The third-order valence-corrected chi connectivity index (χ3v) is 2.98. The van der Waals surface area contributed by atoms with Gasteiger partial charge in [0.1, 0.15) is 5.69 Å². The summed E-state index contributed by atoms with van der Waals surface area (Å²) in [7, 11) is 0. The zero-order valence-electron chi connectivity index (χ0n) is 11.1. The van der Waals surface area contributed by atoms with E-state index < -0.39 is 0 Å². The smallest absolute Gasteiger partial charge is 0.270 e. The van der Waals surface area contributed by atoms with Crippen LogP contribution in [0.4, 0.5) is 0 Å². The van der Waals surface area contributed by atoms with Gasteiger partial charge in [0.25, 0.3) is 11.8 Å². The number of nitrogens with zero attached hydrogens (tertiary/aromatic N) is 1. The lowest BCUT2D eigenvalue weighted by Gasteiger charge is -2.06. The van der Waals surface area contributed by atoms with Crippen LogP contribution < -0.4 is 10.6 Å². The molecule has 2 rings (SSSR count). The first kappa shape index (κ1) is 13.5. The maximum atomic E-state index is 11.9. The number of amides is 2. The molecule has 19 heavy (non-hydrogen) atoms. The minimum atomic E-state index is -0.203. The Kier molecular flexibility index (Phi) is 4.49. The summed E-state index contributed by atoms with van der Waals surface area (Å²) in [5.74, 6) is -0.359. The maximum absolute atomic E-state index is 11.9. The van der Waals surface area contributed by atoms with Crippen LogP contribution >= 0.6 is 0 Å². The highest BCUT2D eigenvalue weighted by molar-refractivity contribution is 5.98. The Labute approximate surface area is 112 Å². The minimum absolute atomic E-state index is 0.156. The topological polar surface area (TPSA) is 71.1 Å². The highest BCUT2D eigenvalue weighted by Gasteiger charge is 2.24. The molecule has 0 atom stereocenters. The van der Waals surface area contributed by atoms with E-state index in [4.69, 9.17) is 0 Å². The van der Waals surface area contributed by atoms with Gasteiger partial charge in [0.15, 0.2) is 0 Å². The second kappa shape index (κ2) is 6.31. The number of nitrogens with one attached hydrogen (secondary N) is 2. The summed E-state index contributed by atoms with van der Waals surface area (Å²) in [5, 5.41) is 5.68. The molecular formula is C14H19N3O2. The Bertz CT molecular complexity index is 470. The van der Waals surface area contributed by atoms with Gasteiger partial charge in [-0.25, -0.2) is 0 Å². The van der Waals surface area contributed by atoms with Crippen molar-refractivity contribution in [1.82, 2.24) is 15.6 Å². The molecule has 1 saturated carbocycles. The molecule has 1 aliphatic rings. The van der Waals surface area contributed by atoms with Crippen molar-refractivity contribution in [3.05, 3.63) is 29.6 Å². The molecule has 1 aromatic heterocycles. The second-order valence-electron chi connectivity index (χ2n) is 4.79. The molecule has 0 spiro atoms. The lowest BCUT2D eigenvalue weighted by molar-refractivity contribution is 0.0946. The van der Waals surface area contributed by atoms with Crippen molar-refractivity contribution in [2.45, 2.75) is 38.6 Å². The number of aromatic nitrogens is 1. The van der Waals surface area contributed by atoms with Crippen LogP contribution in [-0.2, 0) is 0 Å². The Balaban J connectivity index is 1.97. The van der Waals surface area contributed by atoms with Gasteiger partial charge in [0.05, 0.1) is 0 Å². The molecule has 5 heteroatoms. The standard InChI is InChI=1S/C14H19N3O2/c1-2-3-7-16-13(18)10-6-8-15-12(9-10)14(19)17-11-4-5-11/h6,8-9,11H,2-5,7H2,1H3,(H,16,18)(H,17,19). The van der Waals surface area contributed by atoms with E-state index in [0.717, 1.165) is 25.7 Å². The number of pyridine rings is 1. The number of hydrogen-bond acceptors (Lipinski definition) is 3. The molecule has 0 aliphatic heterocycles. The van der Waals surface area contributed by atoms with Gasteiger partial charge in [0.2, 0.25) is 0 Å². The first-order valence-electron chi connectivity index (χ1n) is 6.76. The summed E-state index contributed by atoms with van der Waals surface area (Å²) < 4.78 is 0. The van der Waals surface area contributed by atoms with E-state index in [1.54, 1.807) is 12.1 Å². The van der Waals surface area contributed by atoms with Crippen LogP contribution in [0.5, 0.6) is 0 Å². The second-order valence-corrected chi connectivity index (χ2v) is 4.79. The first-order valence-corrected chi connectivity index (χ1v) is 6.76. The third-order valence-electron chi connectivity index (χ3n) is 2.98. The number of carbonyl (C=O) groups is 2. The summed E-state index contributed by atoms with van der Waals surface area (Å²) in [6, 6.07) is 3.45. The molecule has 1 heterocycles. The van der Waals surface area contributed by atoms with Crippen LogP contribution in [0.3, 0.4) is 0 Å². The van der Waals surface area contributed by atoms with Crippen LogP contribution in [0.1, 0.15) is 53.5 Å². The van der Waals surface area contributed by atoms with E-state index in [0.29, 0.717) is 17.8 Å². The Morgan fingerprint density at radius 1 is 1.37 bits per heavy atom. The van der Waals surface area contributed by atoms with Crippen LogP contribution in [0.25, 0.3) is 0 Å². The van der Waals surface area contributed by atoms with E-state index in [-0.39, 0.29) is 17.9 Å². The van der Waals surface area contributed by atoms with E-state index in [1.807, 2.05) is 0 Å². The molecule has 1 aromatic rings. The van der Waals surface area contributed by atoms with Crippen molar-refractivity contribution in [3.63, 3.8) is 0 Å². The molecule has 5 nitrogen and oxygen atoms in total. The predicted octanol–water partition coefficient (Wildman–Crippen LogP) is 1.50. The maximum Gasteiger partial charge on any atom is 0.270 e. The van der Waals surface area contributed by atoms with Gasteiger partial charge in [-0.05, 0) is 31.4 Å². The lowest BCUT2D eigenvalue weighted by Crippen LogP contribution is -2.28. The zero-order chi connectivity index (χ0) is 13.7. The summed E-state index contributed by atoms with van der Waals surface area (Å²) in [6.07, 6.45) is 5.54. The first-order chi connectivity index (χ1) is 9.20. The third kappa shape index (κ3) is 4.05. The number of unbranched alkanes of at least 4 members (excludes halogenated alkanes) is 1. The summed E-state index contributed by atoms with van der Waals surface area (Å²) in [4.78, 5) is 27.7. The van der Waals surface area contributed by atoms with Crippen LogP contribution in [0.2, 0.25) is 0 Å². The zero-order valence-corrected chi connectivity index (χ0v) is 11.1. The predicted molar refractivity (Wildman–Crippen MR) is 72.0 cm³/mol. The van der Waals surface area contributed by atoms with Crippen LogP contribution in [0, 0.1) is 0 Å². The average Bonchev–Trinajstić information content (AvgIpc) is 3.23. The van der Waals surface area contributed by atoms with Gasteiger partial charge in [-0.1, -0.05) is 13.3 Å². The summed E-state index contributed by atoms with van der Waals surface area (Å²) in [6.45, 7) is 2.72. The number of rotatable bonds is 6. The fourth-order valence-electron chi connectivity index (χ4n) is 1.66. The SMILES string of the molecule is CCCCNC(=O)c1ccnc(C(=O)NC2CC2)c1. The van der Waals surface area contributed by atoms with Gasteiger partial charge in [-0.15, -0.1) is 0 Å². The quantitative estimate of drug-likeness (QED) is 0.762. The molecule has 0 saturated heterocycles. The van der Waals surface area contributed by atoms with Gasteiger partial charge in [-0.3, -0.25) is 14.6 Å². The molecule has 0 unspecified atom stereocenters. The summed E-state index contributed by atoms with van der Waals surface area (Å²) >= 11 is 0. The molecule has 1 aliphatic carbocycles. The highest BCUT2D eigenvalue weighted by Crippen LogP contribution is 2.19. The Morgan fingerprint density at radius 3 is 2.84 bits per heavy atom. The van der Waals surface area contributed by atoms with Crippen molar-refractivity contribution in [1.29, 1.82) is 0 Å². The molecule has 0 radical (unpaired) electrons. The van der Waals surface area contributed by atoms with E-state index in [1.165, 1.54) is 6.20 Å². The van der Waals surface area contributed by atoms with E-state index in [2.05, 4.69) is 22.5 Å². The summed E-state index contributed by atoms with van der Waals surface area (Å²) in [5.41, 5.74) is 0.780. The van der Waals surface area contributed by atoms with Crippen molar-refractivity contribution in [3.8, 4) is 0 Å². The van der Waals surface area contributed by atoms with Gasteiger partial charge in [-0.2, -0.15) is 0 Å². The van der Waals surface area contributed by atoms with Gasteiger partial charge >= 0.3 is 0 Å². The number of hydrogen-bond donors (Lipinski definition) is 2. The van der Waals surface area contributed by atoms with Crippen LogP contribution in [0.15, 0.2) is 18.3 Å². The highest BCUT2D eigenvalue weighted by atomic mass is 16.2. The average molecular weight is 261 g/mol. The van der Waals surface area contributed by atoms with Crippen molar-refractivity contribution in [2.75, 3.05) is 6.54 Å². The van der Waals surface area contributed by atoms with E-state index in [9.17, 15) is 9.59 Å². The Hall–Kier alpha value is -1.91. The van der Waals surface area contributed by atoms with E-state index >= 15 is 0 Å². The molecule has 0 bridgehead atoms. The van der Waals surface area contributed by atoms with Crippen LogP contribution in [-0.4, -0.2) is 29.4 Å². The fraction of sp³-hybridized carbons (Fsp3) is 0.500. The molecular weight excluding hydrogens is 242 g/mol. The Morgan fingerprint density at radius 2 is 2.16 bits per heavy atom. The largest absolute Gasteiger partial charge is 0.352 e. The van der Waals surface area contributed by atoms with Crippen molar-refractivity contribution >= 4 is 11.8 Å². The molecule has 2 N–H and O–H groups in total. The monoisotopic (exact) mass is 261 g/mol. The van der Waals surface area contributed by atoms with Gasteiger partial charge < -0.3 is 10.6 Å². The molecule has 102 valence electrons. The van der Waals surface area contributed by atoms with Crippen molar-refractivity contribution in [2.24, 2.45) is 0 Å². The molecule has 0 aromatic carbocycles. The minimum Gasteiger partial charge on any atom is -0.352 e. The fourth-order valence-corrected chi connectivity index (χ4v) is 1.66. The normalized spacial score (nSPS) is 13.9. The van der Waals surface area contributed by atoms with Gasteiger partial charge in [0, 0.05) is 24.3 Å². The lowest BCUT2D eigenvalue weighted by atomic mass is 10.2. The number of carbonyl (C=O) groups excluding carboxylic acids is 2.